The minimum absolute atomic E-state index is 0.0497. The van der Waals surface area contributed by atoms with Crippen molar-refractivity contribution in [3.05, 3.63) is 65.2 Å². The number of benzene rings is 2. The van der Waals surface area contributed by atoms with E-state index in [0.717, 1.165) is 25.7 Å². The minimum Gasteiger partial charge on any atom is -0.872 e. The van der Waals surface area contributed by atoms with Gasteiger partial charge in [-0.2, -0.15) is 5.10 Å². The van der Waals surface area contributed by atoms with Gasteiger partial charge in [0.1, 0.15) is 0 Å². The number of aromatic amines is 1. The van der Waals surface area contributed by atoms with Gasteiger partial charge in [-0.1, -0.05) is 77.9 Å². The molecule has 0 aliphatic rings. The lowest BCUT2D eigenvalue weighted by Gasteiger charge is -2.08. The van der Waals surface area contributed by atoms with Gasteiger partial charge in [0.15, 0.2) is 0 Å². The van der Waals surface area contributed by atoms with Crippen LogP contribution >= 0.6 is 34.9 Å². The maximum absolute atomic E-state index is 12.1. The van der Waals surface area contributed by atoms with Crippen molar-refractivity contribution in [1.82, 2.24) is 10.5 Å². The summed E-state index contributed by atoms with van der Waals surface area (Å²) >= 11 is 4.60. The van der Waals surface area contributed by atoms with Crippen LogP contribution in [0.3, 0.4) is 0 Å². The van der Waals surface area contributed by atoms with Gasteiger partial charge < -0.3 is 5.11 Å². The minimum atomic E-state index is -0.199. The van der Waals surface area contributed by atoms with Crippen molar-refractivity contribution in [3.8, 4) is 5.75 Å². The van der Waals surface area contributed by atoms with Gasteiger partial charge in [-0.25, -0.2) is 5.43 Å². The van der Waals surface area contributed by atoms with Crippen molar-refractivity contribution < 1.29 is 15.0 Å². The Labute approximate surface area is 188 Å². The average molecular weight is 459 g/mol. The van der Waals surface area contributed by atoms with Crippen LogP contribution in [0.1, 0.15) is 30.0 Å². The molecule has 0 unspecified atom stereocenters. The number of carbonyl (C=O) groups excluding carboxylic acids is 1. The zero-order valence-electron chi connectivity index (χ0n) is 16.7. The lowest BCUT2D eigenvalue weighted by Crippen LogP contribution is -2.21. The SMILES string of the molecule is CC/C(=N/NC(=O)CSc1n[nH+]c(SCc2ccc(C)cc2)s1)c1ccc([O-])cc1. The molecule has 1 amide bonds. The molecule has 0 fully saturated rings. The van der Waals surface area contributed by atoms with Gasteiger partial charge in [0.25, 0.3) is 5.91 Å². The van der Waals surface area contributed by atoms with Gasteiger partial charge in [0.2, 0.25) is 4.34 Å². The number of hydrazone groups is 1. The standard InChI is InChI=1S/C21H22N4O2S3/c1-3-18(16-8-10-17(26)11-9-16)22-23-19(27)13-29-21-25-24-20(30-21)28-12-15-6-4-14(2)5-7-15/h4-11,26H,3,12-13H2,1-2H3,(H,23,27)/b22-18-. The highest BCUT2D eigenvalue weighted by Crippen LogP contribution is 2.28. The third-order valence-corrected chi connectivity index (χ3v) is 7.40. The summed E-state index contributed by atoms with van der Waals surface area (Å²) in [6, 6.07) is 14.9. The Bertz CT molecular complexity index is 1000. The highest BCUT2D eigenvalue weighted by atomic mass is 32.2. The maximum atomic E-state index is 12.1. The summed E-state index contributed by atoms with van der Waals surface area (Å²) in [4.78, 5) is 12.1. The molecule has 0 aliphatic heterocycles. The summed E-state index contributed by atoms with van der Waals surface area (Å²) in [6.45, 7) is 4.03. The average Bonchev–Trinajstić information content (AvgIpc) is 3.21. The molecule has 6 nitrogen and oxygen atoms in total. The molecule has 3 rings (SSSR count). The Hall–Kier alpha value is -2.36. The van der Waals surface area contributed by atoms with Crippen molar-refractivity contribution in [2.45, 2.75) is 34.7 Å². The Morgan fingerprint density at radius 1 is 1.17 bits per heavy atom. The summed E-state index contributed by atoms with van der Waals surface area (Å²) in [5, 5.41) is 22.7. The summed E-state index contributed by atoms with van der Waals surface area (Å²) in [5.74, 6) is 0.844. The molecule has 1 heterocycles. The van der Waals surface area contributed by atoms with Crippen molar-refractivity contribution in [2.24, 2.45) is 5.10 Å². The fraction of sp³-hybridized carbons (Fsp3) is 0.238. The topological polar surface area (TPSA) is 91.6 Å². The van der Waals surface area contributed by atoms with Gasteiger partial charge in [-0.3, -0.25) is 4.79 Å². The van der Waals surface area contributed by atoms with E-state index in [0.29, 0.717) is 6.42 Å². The third-order valence-electron chi connectivity index (χ3n) is 4.07. The Balaban J connectivity index is 1.46. The molecule has 9 heteroatoms. The number of thioether (sulfide) groups is 2. The van der Waals surface area contributed by atoms with Crippen LogP contribution in [0.25, 0.3) is 0 Å². The van der Waals surface area contributed by atoms with Crippen LogP contribution in [-0.4, -0.2) is 22.5 Å². The third kappa shape index (κ3) is 6.86. The molecule has 156 valence electrons. The van der Waals surface area contributed by atoms with Crippen LogP contribution in [0.5, 0.6) is 5.75 Å². The summed E-state index contributed by atoms with van der Waals surface area (Å²) in [6.07, 6.45) is 0.647. The summed E-state index contributed by atoms with van der Waals surface area (Å²) < 4.78 is 1.81. The van der Waals surface area contributed by atoms with E-state index in [4.69, 9.17) is 0 Å². The molecule has 0 radical (unpaired) electrons. The predicted molar refractivity (Wildman–Crippen MR) is 121 cm³/mol. The number of aromatic nitrogens is 2. The molecular weight excluding hydrogens is 436 g/mol. The second-order valence-corrected chi connectivity index (χ2v) is 9.88. The number of amides is 1. The molecule has 2 aromatic carbocycles. The molecule has 0 atom stereocenters. The monoisotopic (exact) mass is 458 g/mol. The predicted octanol–water partition coefficient (Wildman–Crippen LogP) is 3.65. The first-order chi connectivity index (χ1) is 14.5. The summed E-state index contributed by atoms with van der Waals surface area (Å²) in [7, 11) is 0. The lowest BCUT2D eigenvalue weighted by molar-refractivity contribution is -0.492. The van der Waals surface area contributed by atoms with E-state index in [1.54, 1.807) is 23.9 Å². The van der Waals surface area contributed by atoms with E-state index in [1.807, 2.05) is 6.92 Å². The number of aryl methyl sites for hydroxylation is 1. The van der Waals surface area contributed by atoms with E-state index in [1.165, 1.54) is 46.4 Å². The van der Waals surface area contributed by atoms with Crippen molar-refractivity contribution in [1.29, 1.82) is 0 Å². The molecular formula is C21H22N4O2S3. The fourth-order valence-electron chi connectivity index (χ4n) is 2.46. The van der Waals surface area contributed by atoms with E-state index >= 15 is 0 Å². The number of rotatable bonds is 9. The van der Waals surface area contributed by atoms with E-state index in [9.17, 15) is 9.90 Å². The van der Waals surface area contributed by atoms with Crippen LogP contribution in [0.15, 0.2) is 62.3 Å². The highest BCUT2D eigenvalue weighted by molar-refractivity contribution is 8.03. The van der Waals surface area contributed by atoms with Crippen LogP contribution in [0, 0.1) is 6.92 Å². The van der Waals surface area contributed by atoms with Gasteiger partial charge in [-0.05, 0) is 47.6 Å². The van der Waals surface area contributed by atoms with Crippen LogP contribution < -0.4 is 15.6 Å². The second kappa shape index (κ2) is 11.1. The van der Waals surface area contributed by atoms with Gasteiger partial charge in [-0.15, -0.1) is 5.75 Å². The number of H-pyrrole nitrogens is 1. The van der Waals surface area contributed by atoms with Crippen LogP contribution in [0.4, 0.5) is 0 Å². The van der Waals surface area contributed by atoms with Crippen molar-refractivity contribution in [3.63, 3.8) is 0 Å². The number of nitrogens with one attached hydrogen (secondary N) is 2. The molecule has 30 heavy (non-hydrogen) atoms. The zero-order chi connectivity index (χ0) is 21.3. The Morgan fingerprint density at radius 3 is 2.60 bits per heavy atom. The van der Waals surface area contributed by atoms with E-state index in [2.05, 4.69) is 51.9 Å². The summed E-state index contributed by atoms with van der Waals surface area (Å²) in [5.41, 5.74) is 6.65. The largest absolute Gasteiger partial charge is 0.872 e. The first-order valence-corrected chi connectivity index (χ1v) is 12.1. The molecule has 0 saturated carbocycles. The number of hydrogen-bond acceptors (Lipinski definition) is 7. The number of carbonyl (C=O) groups is 1. The van der Waals surface area contributed by atoms with Gasteiger partial charge >= 0.3 is 4.34 Å². The molecule has 0 spiro atoms. The Morgan fingerprint density at radius 2 is 1.90 bits per heavy atom. The first kappa shape index (κ1) is 22.3. The van der Waals surface area contributed by atoms with Gasteiger partial charge in [0, 0.05) is 10.9 Å². The maximum Gasteiger partial charge on any atom is 0.323 e. The molecule has 0 aliphatic carbocycles. The lowest BCUT2D eigenvalue weighted by atomic mass is 10.1. The van der Waals surface area contributed by atoms with Crippen molar-refractivity contribution >= 4 is 46.5 Å². The molecule has 0 saturated heterocycles. The van der Waals surface area contributed by atoms with Crippen molar-refractivity contribution in [2.75, 3.05) is 5.75 Å². The molecule has 3 aromatic rings. The van der Waals surface area contributed by atoms with E-state index in [-0.39, 0.29) is 17.4 Å². The Kier molecular flexibility index (Phi) is 8.30. The van der Waals surface area contributed by atoms with Crippen LogP contribution in [0.2, 0.25) is 0 Å². The number of nitrogens with zero attached hydrogens (tertiary/aromatic N) is 2. The highest BCUT2D eigenvalue weighted by Gasteiger charge is 2.14. The number of hydrogen-bond donors (Lipinski definition) is 1. The second-order valence-electron chi connectivity index (χ2n) is 6.41. The zero-order valence-corrected chi connectivity index (χ0v) is 19.1. The molecule has 2 N–H and O–H groups in total. The smallest absolute Gasteiger partial charge is 0.323 e. The van der Waals surface area contributed by atoms with E-state index < -0.39 is 0 Å². The van der Waals surface area contributed by atoms with Gasteiger partial charge in [0.05, 0.1) is 11.5 Å². The first-order valence-electron chi connectivity index (χ1n) is 9.36. The quantitative estimate of drug-likeness (QED) is 0.300. The van der Waals surface area contributed by atoms with Crippen LogP contribution in [-0.2, 0) is 10.5 Å². The molecule has 1 aromatic heterocycles. The fourth-order valence-corrected chi connectivity index (χ4v) is 5.30. The normalized spacial score (nSPS) is 11.5. The molecule has 0 bridgehead atoms.